The Balaban J connectivity index is 1.95. The molecule has 3 heteroatoms. The number of benzene rings is 2. The summed E-state index contributed by atoms with van der Waals surface area (Å²) in [4.78, 5) is 0. The highest BCUT2D eigenvalue weighted by atomic mass is 19.1. The maximum atomic E-state index is 13.2. The number of halogens is 1. The highest BCUT2D eigenvalue weighted by Crippen LogP contribution is 2.19. The molecule has 0 radical (unpaired) electrons. The quantitative estimate of drug-likeness (QED) is 0.888. The summed E-state index contributed by atoms with van der Waals surface area (Å²) in [5.74, 6) is 0.464. The summed E-state index contributed by atoms with van der Waals surface area (Å²) < 4.78 is 18.4. The normalized spacial score (nSPS) is 10.5. The van der Waals surface area contributed by atoms with E-state index in [0.717, 1.165) is 12.1 Å². The van der Waals surface area contributed by atoms with Crippen molar-refractivity contribution in [1.29, 1.82) is 0 Å². The third-order valence-electron chi connectivity index (χ3n) is 3.01. The fourth-order valence-corrected chi connectivity index (χ4v) is 1.93. The van der Waals surface area contributed by atoms with Gasteiger partial charge in [-0.3, -0.25) is 0 Å². The Morgan fingerprint density at radius 2 is 1.79 bits per heavy atom. The van der Waals surface area contributed by atoms with Gasteiger partial charge in [0.2, 0.25) is 0 Å². The van der Waals surface area contributed by atoms with Crippen LogP contribution < -0.4 is 10.1 Å². The topological polar surface area (TPSA) is 21.3 Å². The summed E-state index contributed by atoms with van der Waals surface area (Å²) in [6.07, 6.45) is 0. The van der Waals surface area contributed by atoms with Crippen LogP contribution in [-0.2, 0) is 13.1 Å². The number of nitrogens with one attached hydrogen (secondary N) is 1. The lowest BCUT2D eigenvalue weighted by Gasteiger charge is -2.10. The van der Waals surface area contributed by atoms with Crippen molar-refractivity contribution in [2.24, 2.45) is 0 Å². The van der Waals surface area contributed by atoms with E-state index in [-0.39, 0.29) is 5.82 Å². The van der Waals surface area contributed by atoms with Crippen LogP contribution in [0.4, 0.5) is 4.39 Å². The van der Waals surface area contributed by atoms with Gasteiger partial charge in [0, 0.05) is 18.7 Å². The van der Waals surface area contributed by atoms with E-state index in [1.165, 1.54) is 23.3 Å². The van der Waals surface area contributed by atoms with E-state index >= 15 is 0 Å². The Hall–Kier alpha value is -1.87. The average Bonchev–Trinajstić information content (AvgIpc) is 2.41. The van der Waals surface area contributed by atoms with Crippen molar-refractivity contribution in [1.82, 2.24) is 5.32 Å². The molecule has 2 rings (SSSR count). The number of aryl methyl sites for hydroxylation is 1. The highest BCUT2D eigenvalue weighted by Gasteiger charge is 2.04. The van der Waals surface area contributed by atoms with Crippen LogP contribution >= 0.6 is 0 Å². The highest BCUT2D eigenvalue weighted by molar-refractivity contribution is 5.33. The number of hydrogen-bond donors (Lipinski definition) is 1. The van der Waals surface area contributed by atoms with Crippen molar-refractivity contribution >= 4 is 0 Å². The van der Waals surface area contributed by atoms with Crippen LogP contribution in [0.1, 0.15) is 16.7 Å². The number of ether oxygens (including phenoxy) is 1. The monoisotopic (exact) mass is 259 g/mol. The second-order valence-corrected chi connectivity index (χ2v) is 4.55. The van der Waals surface area contributed by atoms with Gasteiger partial charge in [0.25, 0.3) is 0 Å². The van der Waals surface area contributed by atoms with E-state index in [2.05, 4.69) is 36.5 Å². The van der Waals surface area contributed by atoms with Crippen molar-refractivity contribution in [3.8, 4) is 5.75 Å². The first-order valence-corrected chi connectivity index (χ1v) is 6.27. The van der Waals surface area contributed by atoms with E-state index < -0.39 is 0 Å². The molecular formula is C16H18FNO. The molecule has 0 atom stereocenters. The smallest absolute Gasteiger partial charge is 0.123 e. The summed E-state index contributed by atoms with van der Waals surface area (Å²) in [7, 11) is 1.59. The second-order valence-electron chi connectivity index (χ2n) is 4.55. The van der Waals surface area contributed by atoms with Gasteiger partial charge >= 0.3 is 0 Å². The standard InChI is InChI=1S/C16H18FNO/c1-12-3-5-13(6-4-12)10-18-11-14-9-15(17)7-8-16(14)19-2/h3-9,18H,10-11H2,1-2H3. The Morgan fingerprint density at radius 3 is 2.47 bits per heavy atom. The molecule has 0 unspecified atom stereocenters. The lowest BCUT2D eigenvalue weighted by atomic mass is 10.1. The Labute approximate surface area is 113 Å². The lowest BCUT2D eigenvalue weighted by Crippen LogP contribution is -2.13. The second kappa shape index (κ2) is 6.34. The summed E-state index contributed by atoms with van der Waals surface area (Å²) >= 11 is 0. The molecule has 0 saturated heterocycles. The van der Waals surface area contributed by atoms with Gasteiger partial charge in [-0.15, -0.1) is 0 Å². The predicted molar refractivity (Wildman–Crippen MR) is 74.7 cm³/mol. The third kappa shape index (κ3) is 3.80. The predicted octanol–water partition coefficient (Wildman–Crippen LogP) is 3.43. The van der Waals surface area contributed by atoms with Crippen LogP contribution in [0.2, 0.25) is 0 Å². The van der Waals surface area contributed by atoms with Crippen molar-refractivity contribution < 1.29 is 9.13 Å². The molecule has 0 fully saturated rings. The molecule has 2 nitrogen and oxygen atoms in total. The van der Waals surface area contributed by atoms with Crippen molar-refractivity contribution in [3.05, 3.63) is 65.0 Å². The van der Waals surface area contributed by atoms with Crippen molar-refractivity contribution in [2.75, 3.05) is 7.11 Å². The number of methoxy groups -OCH3 is 1. The molecule has 0 aliphatic carbocycles. The molecule has 0 bridgehead atoms. The molecule has 2 aromatic carbocycles. The van der Waals surface area contributed by atoms with E-state index in [9.17, 15) is 4.39 Å². The fraction of sp³-hybridized carbons (Fsp3) is 0.250. The van der Waals surface area contributed by atoms with E-state index in [1.54, 1.807) is 13.2 Å². The molecule has 0 amide bonds. The van der Waals surface area contributed by atoms with Crippen LogP contribution in [0, 0.1) is 12.7 Å². The van der Waals surface area contributed by atoms with E-state index in [0.29, 0.717) is 12.3 Å². The molecule has 0 heterocycles. The molecule has 2 aromatic rings. The largest absolute Gasteiger partial charge is 0.496 e. The van der Waals surface area contributed by atoms with Crippen molar-refractivity contribution in [3.63, 3.8) is 0 Å². The van der Waals surface area contributed by atoms with Gasteiger partial charge in [-0.05, 0) is 30.7 Å². The first kappa shape index (κ1) is 13.6. The molecule has 0 aliphatic rings. The van der Waals surface area contributed by atoms with Gasteiger partial charge in [0.05, 0.1) is 7.11 Å². The minimum atomic E-state index is -0.243. The van der Waals surface area contributed by atoms with Crippen LogP contribution in [-0.4, -0.2) is 7.11 Å². The minimum absolute atomic E-state index is 0.243. The third-order valence-corrected chi connectivity index (χ3v) is 3.01. The molecular weight excluding hydrogens is 241 g/mol. The maximum absolute atomic E-state index is 13.2. The summed E-state index contributed by atoms with van der Waals surface area (Å²) in [5.41, 5.74) is 3.28. The summed E-state index contributed by atoms with van der Waals surface area (Å²) in [6, 6.07) is 12.9. The van der Waals surface area contributed by atoms with E-state index in [1.807, 2.05) is 0 Å². The molecule has 1 N–H and O–H groups in total. The molecule has 100 valence electrons. The minimum Gasteiger partial charge on any atom is -0.496 e. The maximum Gasteiger partial charge on any atom is 0.123 e. The van der Waals surface area contributed by atoms with Crippen LogP contribution in [0.5, 0.6) is 5.75 Å². The van der Waals surface area contributed by atoms with Crippen LogP contribution in [0.3, 0.4) is 0 Å². The number of rotatable bonds is 5. The molecule has 0 aromatic heterocycles. The number of hydrogen-bond acceptors (Lipinski definition) is 2. The zero-order valence-electron chi connectivity index (χ0n) is 11.2. The molecule has 19 heavy (non-hydrogen) atoms. The van der Waals surface area contributed by atoms with Gasteiger partial charge in [-0.1, -0.05) is 29.8 Å². The molecule has 0 aliphatic heterocycles. The van der Waals surface area contributed by atoms with Gasteiger partial charge in [-0.25, -0.2) is 4.39 Å². The van der Waals surface area contributed by atoms with Crippen LogP contribution in [0.25, 0.3) is 0 Å². The van der Waals surface area contributed by atoms with Gasteiger partial charge in [0.15, 0.2) is 0 Å². The first-order chi connectivity index (χ1) is 9.19. The SMILES string of the molecule is COc1ccc(F)cc1CNCc1ccc(C)cc1. The van der Waals surface area contributed by atoms with Gasteiger partial charge < -0.3 is 10.1 Å². The zero-order chi connectivity index (χ0) is 13.7. The average molecular weight is 259 g/mol. The first-order valence-electron chi connectivity index (χ1n) is 6.27. The summed E-state index contributed by atoms with van der Waals surface area (Å²) in [5, 5.41) is 3.29. The van der Waals surface area contributed by atoms with Gasteiger partial charge in [-0.2, -0.15) is 0 Å². The molecule has 0 spiro atoms. The Kier molecular flexibility index (Phi) is 4.53. The Morgan fingerprint density at radius 1 is 1.05 bits per heavy atom. The molecule has 0 saturated carbocycles. The van der Waals surface area contributed by atoms with Crippen molar-refractivity contribution in [2.45, 2.75) is 20.0 Å². The summed E-state index contributed by atoms with van der Waals surface area (Å²) in [6.45, 7) is 3.39. The Bertz CT molecular complexity index is 537. The fourth-order valence-electron chi connectivity index (χ4n) is 1.93. The van der Waals surface area contributed by atoms with Crippen LogP contribution in [0.15, 0.2) is 42.5 Å². The lowest BCUT2D eigenvalue weighted by molar-refractivity contribution is 0.406. The van der Waals surface area contributed by atoms with Gasteiger partial charge in [0.1, 0.15) is 11.6 Å². The van der Waals surface area contributed by atoms with E-state index in [4.69, 9.17) is 4.74 Å². The zero-order valence-corrected chi connectivity index (χ0v) is 11.2.